The van der Waals surface area contributed by atoms with Crippen molar-refractivity contribution in [3.63, 3.8) is 0 Å². The minimum atomic E-state index is -0.318. The molecule has 0 radical (unpaired) electrons. The number of esters is 1. The second kappa shape index (κ2) is 12.6. The number of carbonyl (C=O) groups excluding carboxylic acids is 1. The summed E-state index contributed by atoms with van der Waals surface area (Å²) in [5, 5.41) is 0. The van der Waals surface area contributed by atoms with E-state index in [1.54, 1.807) is 6.08 Å². The van der Waals surface area contributed by atoms with Gasteiger partial charge in [0.2, 0.25) is 0 Å². The number of carbonyl (C=O) groups is 1. The molecular weight excluding hydrogens is 490 g/mol. The number of methoxy groups -OCH3 is 1. The summed E-state index contributed by atoms with van der Waals surface area (Å²) in [5.74, 6) is 0.427. The van der Waals surface area contributed by atoms with Crippen molar-refractivity contribution in [1.29, 1.82) is 0 Å². The standard InChI is InChI=1S/C32H29N3O4/c1-37-32(36)20-19-29(25-9-4-2-5-10-25)34-39-22-24-15-17-28(18-16-24)38-23-27-21-35-30(13-8-14-31(35)33-27)26-11-6-3-7-12-26/h2-19,21,34H,20,22-23H2,1H3. The average molecular weight is 520 g/mol. The van der Waals surface area contributed by atoms with E-state index in [0.29, 0.717) is 18.9 Å². The van der Waals surface area contributed by atoms with Crippen LogP contribution < -0.4 is 10.2 Å². The summed E-state index contributed by atoms with van der Waals surface area (Å²) in [5.41, 5.74) is 9.49. The van der Waals surface area contributed by atoms with Crippen molar-refractivity contribution in [1.82, 2.24) is 14.9 Å². The molecule has 0 amide bonds. The van der Waals surface area contributed by atoms with E-state index < -0.39 is 0 Å². The fourth-order valence-electron chi connectivity index (χ4n) is 4.12. The Morgan fingerprint density at radius 2 is 1.62 bits per heavy atom. The quantitative estimate of drug-likeness (QED) is 0.165. The minimum absolute atomic E-state index is 0.142. The maximum Gasteiger partial charge on any atom is 0.309 e. The predicted molar refractivity (Wildman–Crippen MR) is 150 cm³/mol. The molecule has 39 heavy (non-hydrogen) atoms. The highest BCUT2D eigenvalue weighted by molar-refractivity contribution is 5.74. The van der Waals surface area contributed by atoms with Gasteiger partial charge in [0.25, 0.3) is 0 Å². The van der Waals surface area contributed by atoms with Crippen LogP contribution in [-0.4, -0.2) is 22.5 Å². The van der Waals surface area contributed by atoms with Crippen molar-refractivity contribution < 1.29 is 19.1 Å². The molecule has 0 spiro atoms. The van der Waals surface area contributed by atoms with E-state index in [1.807, 2.05) is 91.1 Å². The van der Waals surface area contributed by atoms with Gasteiger partial charge in [0.05, 0.1) is 37.2 Å². The van der Waals surface area contributed by atoms with Crippen LogP contribution >= 0.6 is 0 Å². The lowest BCUT2D eigenvalue weighted by atomic mass is 10.1. The highest BCUT2D eigenvalue weighted by atomic mass is 16.6. The summed E-state index contributed by atoms with van der Waals surface area (Å²) in [7, 11) is 1.37. The van der Waals surface area contributed by atoms with E-state index in [1.165, 1.54) is 7.11 Å². The number of hydrogen-bond donors (Lipinski definition) is 1. The molecule has 7 nitrogen and oxygen atoms in total. The Morgan fingerprint density at radius 1 is 0.872 bits per heavy atom. The number of nitrogens with one attached hydrogen (secondary N) is 1. The molecule has 0 bridgehead atoms. The van der Waals surface area contributed by atoms with Crippen LogP contribution in [0.4, 0.5) is 0 Å². The molecule has 7 heteroatoms. The fourth-order valence-corrected chi connectivity index (χ4v) is 4.12. The zero-order chi connectivity index (χ0) is 26.9. The van der Waals surface area contributed by atoms with Crippen LogP contribution in [0.2, 0.25) is 0 Å². The molecule has 0 fully saturated rings. The Morgan fingerprint density at radius 3 is 2.36 bits per heavy atom. The molecule has 0 atom stereocenters. The third kappa shape index (κ3) is 6.71. The van der Waals surface area contributed by atoms with E-state index in [9.17, 15) is 4.79 Å². The van der Waals surface area contributed by atoms with Crippen LogP contribution in [0.25, 0.3) is 22.6 Å². The van der Waals surface area contributed by atoms with Gasteiger partial charge in [-0.2, -0.15) is 0 Å². The van der Waals surface area contributed by atoms with E-state index in [-0.39, 0.29) is 12.4 Å². The van der Waals surface area contributed by atoms with E-state index in [0.717, 1.165) is 39.5 Å². The predicted octanol–water partition coefficient (Wildman–Crippen LogP) is 6.21. The summed E-state index contributed by atoms with van der Waals surface area (Å²) in [6.07, 6.45) is 3.91. The number of aromatic nitrogens is 2. The molecular formula is C32H29N3O4. The number of pyridine rings is 1. The highest BCUT2D eigenvalue weighted by Crippen LogP contribution is 2.22. The lowest BCUT2D eigenvalue weighted by Gasteiger charge is -2.12. The van der Waals surface area contributed by atoms with Gasteiger partial charge in [-0.25, -0.2) is 4.98 Å². The first-order valence-electron chi connectivity index (χ1n) is 12.6. The molecule has 0 saturated heterocycles. The molecule has 2 heterocycles. The lowest BCUT2D eigenvalue weighted by molar-refractivity contribution is -0.139. The van der Waals surface area contributed by atoms with Gasteiger partial charge in [-0.05, 0) is 47.0 Å². The monoisotopic (exact) mass is 519 g/mol. The Bertz CT molecular complexity index is 1550. The number of imidazole rings is 1. The molecule has 2 aromatic heterocycles. The van der Waals surface area contributed by atoms with Crippen molar-refractivity contribution in [2.45, 2.75) is 19.6 Å². The highest BCUT2D eigenvalue weighted by Gasteiger charge is 2.08. The van der Waals surface area contributed by atoms with Gasteiger partial charge < -0.3 is 9.47 Å². The SMILES string of the molecule is COC(=O)CC=C(NOCc1ccc(OCc2cn3c(-c4ccccc4)cccc3n2)cc1)c1ccccc1. The zero-order valence-electron chi connectivity index (χ0n) is 21.6. The van der Waals surface area contributed by atoms with Crippen molar-refractivity contribution in [3.8, 4) is 17.0 Å². The molecule has 0 aliphatic carbocycles. The number of ether oxygens (including phenoxy) is 2. The smallest absolute Gasteiger partial charge is 0.309 e. The molecule has 0 aliphatic heterocycles. The minimum Gasteiger partial charge on any atom is -0.487 e. The molecule has 196 valence electrons. The van der Waals surface area contributed by atoms with Crippen molar-refractivity contribution in [2.24, 2.45) is 0 Å². The molecule has 5 rings (SSSR count). The van der Waals surface area contributed by atoms with E-state index in [2.05, 4.69) is 28.1 Å². The largest absolute Gasteiger partial charge is 0.487 e. The maximum atomic E-state index is 11.6. The number of benzene rings is 3. The maximum absolute atomic E-state index is 11.6. The molecule has 1 N–H and O–H groups in total. The van der Waals surface area contributed by atoms with Gasteiger partial charge in [0.15, 0.2) is 0 Å². The Kier molecular flexibility index (Phi) is 8.31. The first-order valence-corrected chi connectivity index (χ1v) is 12.6. The Balaban J connectivity index is 1.17. The van der Waals surface area contributed by atoms with Crippen molar-refractivity contribution in [2.75, 3.05) is 7.11 Å². The van der Waals surface area contributed by atoms with Gasteiger partial charge >= 0.3 is 5.97 Å². The number of hydrogen-bond acceptors (Lipinski definition) is 6. The normalized spacial score (nSPS) is 11.4. The molecule has 3 aromatic carbocycles. The molecule has 5 aromatic rings. The molecule has 0 saturated carbocycles. The first kappa shape index (κ1) is 25.8. The summed E-state index contributed by atoms with van der Waals surface area (Å²) in [4.78, 5) is 22.0. The second-order valence-electron chi connectivity index (χ2n) is 8.82. The summed E-state index contributed by atoms with van der Waals surface area (Å²) in [6.45, 7) is 0.691. The summed E-state index contributed by atoms with van der Waals surface area (Å²) < 4.78 is 12.8. The topological polar surface area (TPSA) is 74.1 Å². The van der Waals surface area contributed by atoms with Crippen LogP contribution in [0.15, 0.2) is 115 Å². The third-order valence-corrected chi connectivity index (χ3v) is 6.13. The van der Waals surface area contributed by atoms with Gasteiger partial charge in [-0.1, -0.05) is 78.9 Å². The van der Waals surface area contributed by atoms with Gasteiger partial charge in [-0.3, -0.25) is 19.5 Å². The first-order chi connectivity index (χ1) is 19.2. The number of hydroxylamine groups is 1. The van der Waals surface area contributed by atoms with Crippen LogP contribution in [0.5, 0.6) is 5.75 Å². The number of nitrogens with zero attached hydrogens (tertiary/aromatic N) is 2. The van der Waals surface area contributed by atoms with Crippen LogP contribution in [0.1, 0.15) is 23.2 Å². The average Bonchev–Trinajstić information content (AvgIpc) is 3.42. The summed E-state index contributed by atoms with van der Waals surface area (Å²) in [6, 6.07) is 33.7. The van der Waals surface area contributed by atoms with Gasteiger partial charge in [0.1, 0.15) is 18.0 Å². The zero-order valence-corrected chi connectivity index (χ0v) is 21.6. The lowest BCUT2D eigenvalue weighted by Crippen LogP contribution is -2.14. The van der Waals surface area contributed by atoms with Gasteiger partial charge in [0, 0.05) is 6.20 Å². The third-order valence-electron chi connectivity index (χ3n) is 6.13. The Labute approximate surface area is 227 Å². The number of rotatable bonds is 11. The van der Waals surface area contributed by atoms with Crippen molar-refractivity contribution in [3.05, 3.63) is 132 Å². The summed E-state index contributed by atoms with van der Waals surface area (Å²) >= 11 is 0. The molecule has 0 aliphatic rings. The second-order valence-corrected chi connectivity index (χ2v) is 8.82. The Hall–Kier alpha value is -4.88. The number of fused-ring (bicyclic) bond motifs is 1. The fraction of sp³-hybridized carbons (Fsp3) is 0.125. The van der Waals surface area contributed by atoms with Gasteiger partial charge in [-0.15, -0.1) is 0 Å². The van der Waals surface area contributed by atoms with Crippen LogP contribution in [-0.2, 0) is 27.6 Å². The van der Waals surface area contributed by atoms with Crippen molar-refractivity contribution >= 4 is 17.3 Å². The van der Waals surface area contributed by atoms with Crippen LogP contribution in [0.3, 0.4) is 0 Å². The van der Waals surface area contributed by atoms with Crippen LogP contribution in [0, 0.1) is 0 Å². The van der Waals surface area contributed by atoms with E-state index >= 15 is 0 Å². The molecule has 0 unspecified atom stereocenters. The van der Waals surface area contributed by atoms with E-state index in [4.69, 9.17) is 19.3 Å².